The minimum Gasteiger partial charge on any atom is -0.356 e. The standard InChI is InChI=1S/C20H21N5O/c21-11-5-12-22-18(26)10-13-25-17-9-4-1-6-14(17)19-20(25)24-16-8-3-2-7-15(16)23-19/h1-4,6-9H,5,10-13,21H2,(H,22,26). The van der Waals surface area contributed by atoms with Crippen molar-refractivity contribution in [1.82, 2.24) is 19.9 Å². The number of aryl methyl sites for hydroxylation is 1. The molecule has 0 radical (unpaired) electrons. The Balaban J connectivity index is 1.74. The van der Waals surface area contributed by atoms with Crippen LogP contribution in [0.3, 0.4) is 0 Å². The molecule has 0 saturated heterocycles. The second kappa shape index (κ2) is 7.09. The summed E-state index contributed by atoms with van der Waals surface area (Å²) in [6, 6.07) is 16.0. The quantitative estimate of drug-likeness (QED) is 0.525. The van der Waals surface area contributed by atoms with Crippen molar-refractivity contribution in [2.24, 2.45) is 5.73 Å². The molecule has 4 rings (SSSR count). The summed E-state index contributed by atoms with van der Waals surface area (Å²) in [7, 11) is 0. The second-order valence-corrected chi connectivity index (χ2v) is 6.30. The van der Waals surface area contributed by atoms with Crippen molar-refractivity contribution in [2.75, 3.05) is 13.1 Å². The van der Waals surface area contributed by atoms with Gasteiger partial charge in [0.15, 0.2) is 5.65 Å². The Kier molecular flexibility index (Phi) is 4.50. The topological polar surface area (TPSA) is 85.8 Å². The number of hydrogen-bond acceptors (Lipinski definition) is 4. The Labute approximate surface area is 151 Å². The van der Waals surface area contributed by atoms with E-state index in [0.717, 1.165) is 39.5 Å². The van der Waals surface area contributed by atoms with E-state index in [1.54, 1.807) is 0 Å². The molecule has 6 heteroatoms. The molecule has 1 amide bonds. The average Bonchev–Trinajstić information content (AvgIpc) is 2.98. The lowest BCUT2D eigenvalue weighted by atomic mass is 10.2. The fourth-order valence-electron chi connectivity index (χ4n) is 3.24. The van der Waals surface area contributed by atoms with Crippen molar-refractivity contribution in [3.8, 4) is 0 Å². The van der Waals surface area contributed by atoms with Crippen molar-refractivity contribution in [3.63, 3.8) is 0 Å². The maximum absolute atomic E-state index is 12.1. The molecule has 3 N–H and O–H groups in total. The minimum absolute atomic E-state index is 0.0260. The first kappa shape index (κ1) is 16.5. The molecule has 2 aromatic heterocycles. The van der Waals surface area contributed by atoms with Crippen LogP contribution in [0.5, 0.6) is 0 Å². The average molecular weight is 347 g/mol. The number of hydrogen-bond donors (Lipinski definition) is 2. The van der Waals surface area contributed by atoms with Gasteiger partial charge in [0, 0.05) is 24.9 Å². The van der Waals surface area contributed by atoms with E-state index >= 15 is 0 Å². The maximum atomic E-state index is 12.1. The van der Waals surface area contributed by atoms with Gasteiger partial charge in [-0.1, -0.05) is 30.3 Å². The monoisotopic (exact) mass is 347 g/mol. The molecule has 0 fully saturated rings. The zero-order valence-electron chi connectivity index (χ0n) is 14.5. The molecule has 0 aliphatic heterocycles. The number of aromatic nitrogens is 3. The van der Waals surface area contributed by atoms with Crippen LogP contribution in [0.4, 0.5) is 0 Å². The number of carbonyl (C=O) groups excluding carboxylic acids is 1. The molecule has 2 heterocycles. The first-order valence-corrected chi connectivity index (χ1v) is 8.88. The molecule has 0 spiro atoms. The van der Waals surface area contributed by atoms with Crippen molar-refractivity contribution >= 4 is 39.0 Å². The number of nitrogens with one attached hydrogen (secondary N) is 1. The number of rotatable bonds is 6. The lowest BCUT2D eigenvalue weighted by Gasteiger charge is -2.08. The van der Waals surface area contributed by atoms with Gasteiger partial charge < -0.3 is 15.6 Å². The third-order valence-corrected chi connectivity index (χ3v) is 4.52. The SMILES string of the molecule is NCCCNC(=O)CCn1c2ccccc2c2nc3ccccc3nc21. The summed E-state index contributed by atoms with van der Waals surface area (Å²) in [6.45, 7) is 1.76. The van der Waals surface area contributed by atoms with Crippen LogP contribution in [-0.2, 0) is 11.3 Å². The van der Waals surface area contributed by atoms with Crippen LogP contribution in [0.25, 0.3) is 33.1 Å². The molecule has 0 aliphatic carbocycles. The number of benzene rings is 2. The van der Waals surface area contributed by atoms with Gasteiger partial charge in [0.25, 0.3) is 0 Å². The Morgan fingerprint density at radius 3 is 2.58 bits per heavy atom. The van der Waals surface area contributed by atoms with Gasteiger partial charge in [0.2, 0.25) is 5.91 Å². The zero-order chi connectivity index (χ0) is 17.9. The van der Waals surface area contributed by atoms with Gasteiger partial charge in [-0.05, 0) is 31.2 Å². The van der Waals surface area contributed by atoms with Crippen LogP contribution in [-0.4, -0.2) is 33.5 Å². The maximum Gasteiger partial charge on any atom is 0.221 e. The molecule has 6 nitrogen and oxygen atoms in total. The molecule has 26 heavy (non-hydrogen) atoms. The van der Waals surface area contributed by atoms with Crippen molar-refractivity contribution < 1.29 is 4.79 Å². The first-order chi connectivity index (χ1) is 12.8. The molecule has 0 saturated carbocycles. The van der Waals surface area contributed by atoms with E-state index < -0.39 is 0 Å². The van der Waals surface area contributed by atoms with Gasteiger partial charge in [-0.15, -0.1) is 0 Å². The Hall–Kier alpha value is -2.99. The van der Waals surface area contributed by atoms with Crippen LogP contribution < -0.4 is 11.1 Å². The molecule has 0 unspecified atom stereocenters. The van der Waals surface area contributed by atoms with E-state index in [0.29, 0.717) is 26.1 Å². The molecule has 0 atom stereocenters. The van der Waals surface area contributed by atoms with Gasteiger partial charge in [0.1, 0.15) is 5.52 Å². The molecule has 2 aromatic carbocycles. The van der Waals surface area contributed by atoms with Crippen LogP contribution in [0.1, 0.15) is 12.8 Å². The summed E-state index contributed by atoms with van der Waals surface area (Å²) in [4.78, 5) is 21.7. The molecule has 132 valence electrons. The fraction of sp³-hybridized carbons (Fsp3) is 0.250. The lowest BCUT2D eigenvalue weighted by Crippen LogP contribution is -2.26. The Morgan fingerprint density at radius 1 is 1.04 bits per heavy atom. The smallest absolute Gasteiger partial charge is 0.221 e. The van der Waals surface area contributed by atoms with Crippen LogP contribution >= 0.6 is 0 Å². The Bertz CT molecular complexity index is 1090. The predicted molar refractivity (Wildman–Crippen MR) is 104 cm³/mol. The van der Waals surface area contributed by atoms with Gasteiger partial charge in [0.05, 0.1) is 16.6 Å². The van der Waals surface area contributed by atoms with Gasteiger partial charge in [-0.2, -0.15) is 0 Å². The summed E-state index contributed by atoms with van der Waals surface area (Å²) >= 11 is 0. The number of fused-ring (bicyclic) bond motifs is 4. The summed E-state index contributed by atoms with van der Waals surface area (Å²) in [5.74, 6) is 0.0260. The fourth-order valence-corrected chi connectivity index (χ4v) is 3.24. The van der Waals surface area contributed by atoms with Crippen LogP contribution in [0.2, 0.25) is 0 Å². The highest BCUT2D eigenvalue weighted by atomic mass is 16.1. The summed E-state index contributed by atoms with van der Waals surface area (Å²) < 4.78 is 2.09. The van der Waals surface area contributed by atoms with Gasteiger partial charge in [-0.25, -0.2) is 9.97 Å². The zero-order valence-corrected chi connectivity index (χ0v) is 14.5. The van der Waals surface area contributed by atoms with Crippen molar-refractivity contribution in [3.05, 3.63) is 48.5 Å². The van der Waals surface area contributed by atoms with Gasteiger partial charge in [-0.3, -0.25) is 4.79 Å². The number of nitrogens with zero attached hydrogens (tertiary/aromatic N) is 3. The number of carbonyl (C=O) groups is 1. The lowest BCUT2D eigenvalue weighted by molar-refractivity contribution is -0.121. The van der Waals surface area contributed by atoms with Crippen molar-refractivity contribution in [2.45, 2.75) is 19.4 Å². The van der Waals surface area contributed by atoms with Crippen LogP contribution in [0, 0.1) is 0 Å². The largest absolute Gasteiger partial charge is 0.356 e. The summed E-state index contributed by atoms with van der Waals surface area (Å²) in [6.07, 6.45) is 1.19. The van der Waals surface area contributed by atoms with E-state index in [4.69, 9.17) is 15.7 Å². The van der Waals surface area contributed by atoms with Crippen molar-refractivity contribution in [1.29, 1.82) is 0 Å². The third-order valence-electron chi connectivity index (χ3n) is 4.52. The predicted octanol–water partition coefficient (Wildman–Crippen LogP) is 2.59. The highest BCUT2D eigenvalue weighted by Gasteiger charge is 2.14. The number of nitrogens with two attached hydrogens (primary N) is 1. The third kappa shape index (κ3) is 2.99. The van der Waals surface area contributed by atoms with E-state index in [9.17, 15) is 4.79 Å². The second-order valence-electron chi connectivity index (χ2n) is 6.30. The highest BCUT2D eigenvalue weighted by molar-refractivity contribution is 6.06. The summed E-state index contributed by atoms with van der Waals surface area (Å²) in [5, 5.41) is 3.96. The normalized spacial score (nSPS) is 11.4. The van der Waals surface area contributed by atoms with E-state index in [1.807, 2.05) is 36.4 Å². The molecular formula is C20H21N5O. The molecule has 4 aromatic rings. The van der Waals surface area contributed by atoms with E-state index in [2.05, 4.69) is 22.0 Å². The number of amides is 1. The molecule has 0 bridgehead atoms. The Morgan fingerprint density at radius 2 is 1.77 bits per heavy atom. The van der Waals surface area contributed by atoms with Gasteiger partial charge >= 0.3 is 0 Å². The van der Waals surface area contributed by atoms with E-state index in [-0.39, 0.29) is 5.91 Å². The first-order valence-electron chi connectivity index (χ1n) is 8.88. The van der Waals surface area contributed by atoms with E-state index in [1.165, 1.54) is 0 Å². The molecule has 0 aliphatic rings. The highest BCUT2D eigenvalue weighted by Crippen LogP contribution is 2.28. The number of para-hydroxylation sites is 3. The molecular weight excluding hydrogens is 326 g/mol. The van der Waals surface area contributed by atoms with Crippen LogP contribution in [0.15, 0.2) is 48.5 Å². The minimum atomic E-state index is 0.0260. The summed E-state index contributed by atoms with van der Waals surface area (Å²) in [5.41, 5.74) is 9.95.